The van der Waals surface area contributed by atoms with Crippen molar-refractivity contribution >= 4 is 68.7 Å². The number of anilines is 2. The van der Waals surface area contributed by atoms with Gasteiger partial charge in [-0.2, -0.15) is 0 Å². The van der Waals surface area contributed by atoms with E-state index in [2.05, 4.69) is 32.8 Å². The molecule has 1 N–H and O–H groups in total. The van der Waals surface area contributed by atoms with Gasteiger partial charge < -0.3 is 15.1 Å². The van der Waals surface area contributed by atoms with E-state index in [1.165, 1.54) is 11.3 Å². The van der Waals surface area contributed by atoms with Crippen LogP contribution in [0.4, 0.5) is 11.4 Å². The van der Waals surface area contributed by atoms with E-state index in [4.69, 9.17) is 11.6 Å². The molecule has 0 spiro atoms. The second-order valence-corrected chi connectivity index (χ2v) is 9.37. The van der Waals surface area contributed by atoms with Gasteiger partial charge in [0.05, 0.1) is 21.2 Å². The summed E-state index contributed by atoms with van der Waals surface area (Å²) in [6.07, 6.45) is 0. The van der Waals surface area contributed by atoms with Crippen LogP contribution in [0.1, 0.15) is 20.0 Å². The molecule has 30 heavy (non-hydrogen) atoms. The highest BCUT2D eigenvalue weighted by molar-refractivity contribution is 14.1. The van der Waals surface area contributed by atoms with E-state index in [1.54, 1.807) is 12.1 Å². The van der Waals surface area contributed by atoms with Gasteiger partial charge in [0.25, 0.3) is 11.8 Å². The van der Waals surface area contributed by atoms with Crippen LogP contribution in [0.3, 0.4) is 0 Å². The van der Waals surface area contributed by atoms with Crippen LogP contribution in [0, 0.1) is 3.57 Å². The second-order valence-electron chi connectivity index (χ2n) is 6.86. The summed E-state index contributed by atoms with van der Waals surface area (Å²) in [6.45, 7) is 2.73. The summed E-state index contributed by atoms with van der Waals surface area (Å²) in [4.78, 5) is 29.9. The fraction of sp³-hybridized carbons (Fsp3) is 0.182. The van der Waals surface area contributed by atoms with Gasteiger partial charge in [0.1, 0.15) is 0 Å². The number of nitrogens with one attached hydrogen (secondary N) is 1. The lowest BCUT2D eigenvalue weighted by Gasteiger charge is -2.36. The van der Waals surface area contributed by atoms with Gasteiger partial charge in [-0.25, -0.2) is 0 Å². The average molecular weight is 552 g/mol. The summed E-state index contributed by atoms with van der Waals surface area (Å²) in [7, 11) is 0. The van der Waals surface area contributed by atoms with Crippen molar-refractivity contribution in [3.8, 4) is 0 Å². The lowest BCUT2D eigenvalue weighted by Crippen LogP contribution is -2.48. The van der Waals surface area contributed by atoms with Gasteiger partial charge in [0, 0.05) is 35.4 Å². The van der Waals surface area contributed by atoms with Crippen LogP contribution in [0.15, 0.2) is 60.0 Å². The smallest absolute Gasteiger partial charge is 0.264 e. The minimum absolute atomic E-state index is 0.0874. The molecule has 2 amide bonds. The zero-order valence-corrected chi connectivity index (χ0v) is 19.7. The maximum absolute atomic E-state index is 12.5. The summed E-state index contributed by atoms with van der Waals surface area (Å²) in [5.74, 6) is -0.0751. The van der Waals surface area contributed by atoms with Gasteiger partial charge in [-0.05, 0) is 64.4 Å². The number of hydrogen-bond donors (Lipinski definition) is 1. The van der Waals surface area contributed by atoms with Gasteiger partial charge in [-0.3, -0.25) is 9.59 Å². The molecule has 1 aliphatic heterocycles. The van der Waals surface area contributed by atoms with E-state index in [-0.39, 0.29) is 11.8 Å². The molecule has 0 atom stereocenters. The molecule has 0 bridgehead atoms. The normalized spacial score (nSPS) is 13.9. The number of hydrogen-bond acceptors (Lipinski definition) is 4. The monoisotopic (exact) mass is 551 g/mol. The first kappa shape index (κ1) is 21.1. The van der Waals surface area contributed by atoms with Crippen LogP contribution in [0.2, 0.25) is 5.02 Å². The van der Waals surface area contributed by atoms with Crippen molar-refractivity contribution in [1.82, 2.24) is 4.90 Å². The largest absolute Gasteiger partial charge is 0.367 e. The van der Waals surface area contributed by atoms with Crippen molar-refractivity contribution in [2.75, 3.05) is 36.4 Å². The van der Waals surface area contributed by atoms with Crippen molar-refractivity contribution in [3.05, 3.63) is 79.0 Å². The van der Waals surface area contributed by atoms with Crippen LogP contribution in [-0.2, 0) is 0 Å². The molecule has 0 radical (unpaired) electrons. The number of amides is 2. The number of halogens is 2. The summed E-state index contributed by atoms with van der Waals surface area (Å²) in [6, 6.07) is 16.7. The van der Waals surface area contributed by atoms with E-state index < -0.39 is 0 Å². The second kappa shape index (κ2) is 9.36. The Hall–Kier alpha value is -2.10. The fourth-order valence-electron chi connectivity index (χ4n) is 3.39. The van der Waals surface area contributed by atoms with Crippen molar-refractivity contribution in [2.24, 2.45) is 0 Å². The molecule has 3 aromatic rings. The van der Waals surface area contributed by atoms with Crippen LogP contribution < -0.4 is 10.2 Å². The molecule has 2 aromatic carbocycles. The number of benzene rings is 2. The van der Waals surface area contributed by atoms with E-state index in [0.29, 0.717) is 42.5 Å². The first-order valence-corrected chi connectivity index (χ1v) is 11.8. The molecule has 5 nitrogen and oxygen atoms in total. The quantitative estimate of drug-likeness (QED) is 0.453. The maximum atomic E-state index is 12.5. The molecule has 0 unspecified atom stereocenters. The predicted molar refractivity (Wildman–Crippen MR) is 131 cm³/mol. The minimum Gasteiger partial charge on any atom is -0.367 e. The summed E-state index contributed by atoms with van der Waals surface area (Å²) in [5, 5.41) is 5.41. The molecule has 4 rings (SSSR count). The highest BCUT2D eigenvalue weighted by atomic mass is 127. The van der Waals surface area contributed by atoms with Gasteiger partial charge in [-0.1, -0.05) is 29.8 Å². The van der Waals surface area contributed by atoms with Crippen molar-refractivity contribution in [1.29, 1.82) is 0 Å². The van der Waals surface area contributed by atoms with E-state index in [9.17, 15) is 9.59 Å². The van der Waals surface area contributed by atoms with Gasteiger partial charge in [0.15, 0.2) is 0 Å². The fourth-order valence-corrected chi connectivity index (χ4v) is 5.01. The third-order valence-electron chi connectivity index (χ3n) is 4.96. The summed E-state index contributed by atoms with van der Waals surface area (Å²) in [5.41, 5.74) is 2.19. The topological polar surface area (TPSA) is 52.7 Å². The number of nitrogens with zero attached hydrogens (tertiary/aromatic N) is 2. The SMILES string of the molecule is O=C(Nc1ccc(N2CCN(C(=O)c3cccs3)CC2)c(Cl)c1)c1ccccc1I. The molecule has 8 heteroatoms. The third-order valence-corrected chi connectivity index (χ3v) is 7.06. The molecule has 1 saturated heterocycles. The van der Waals surface area contributed by atoms with Crippen LogP contribution in [0.5, 0.6) is 0 Å². The van der Waals surface area contributed by atoms with E-state index in [1.807, 2.05) is 52.7 Å². The molecule has 0 saturated carbocycles. The van der Waals surface area contributed by atoms with Crippen LogP contribution in [-0.4, -0.2) is 42.9 Å². The third kappa shape index (κ3) is 4.63. The Morgan fingerprint density at radius 2 is 1.77 bits per heavy atom. The molecular weight excluding hydrogens is 533 g/mol. The Kier molecular flexibility index (Phi) is 6.60. The number of thiophene rings is 1. The minimum atomic E-state index is -0.162. The number of carbonyl (C=O) groups is 2. The first-order valence-electron chi connectivity index (χ1n) is 9.46. The van der Waals surface area contributed by atoms with Crippen molar-refractivity contribution < 1.29 is 9.59 Å². The molecule has 2 heterocycles. The average Bonchev–Trinajstić information content (AvgIpc) is 3.29. The maximum Gasteiger partial charge on any atom is 0.264 e. The Labute approximate surface area is 197 Å². The summed E-state index contributed by atoms with van der Waals surface area (Å²) >= 11 is 10.1. The molecule has 1 aliphatic rings. The van der Waals surface area contributed by atoms with Gasteiger partial charge in [-0.15, -0.1) is 11.3 Å². The molecule has 1 fully saturated rings. The number of carbonyl (C=O) groups excluding carboxylic acids is 2. The molecule has 0 aliphatic carbocycles. The molecule has 154 valence electrons. The van der Waals surface area contributed by atoms with E-state index in [0.717, 1.165) is 14.1 Å². The first-order chi connectivity index (χ1) is 14.5. The lowest BCUT2D eigenvalue weighted by atomic mass is 10.2. The standard InChI is InChI=1S/C22H19ClIN3O2S/c23-17-14-15(25-21(28)16-4-1-2-5-18(16)24)7-8-19(17)26-9-11-27(12-10-26)22(29)20-6-3-13-30-20/h1-8,13-14H,9-12H2,(H,25,28). The Morgan fingerprint density at radius 1 is 1.00 bits per heavy atom. The molecular formula is C22H19ClIN3O2S. The highest BCUT2D eigenvalue weighted by Crippen LogP contribution is 2.30. The highest BCUT2D eigenvalue weighted by Gasteiger charge is 2.24. The zero-order valence-electron chi connectivity index (χ0n) is 16.0. The Balaban J connectivity index is 1.40. The number of rotatable bonds is 4. The van der Waals surface area contributed by atoms with Crippen LogP contribution in [0.25, 0.3) is 0 Å². The zero-order chi connectivity index (χ0) is 21.1. The lowest BCUT2D eigenvalue weighted by molar-refractivity contribution is 0.0751. The summed E-state index contributed by atoms with van der Waals surface area (Å²) < 4.78 is 0.894. The van der Waals surface area contributed by atoms with Crippen LogP contribution >= 0.6 is 45.5 Å². The van der Waals surface area contributed by atoms with Crippen molar-refractivity contribution in [3.63, 3.8) is 0 Å². The number of piperazine rings is 1. The Morgan fingerprint density at radius 3 is 2.43 bits per heavy atom. The van der Waals surface area contributed by atoms with Gasteiger partial charge in [0.2, 0.25) is 0 Å². The Bertz CT molecular complexity index is 1070. The molecule has 1 aromatic heterocycles. The van der Waals surface area contributed by atoms with Crippen molar-refractivity contribution in [2.45, 2.75) is 0 Å². The predicted octanol–water partition coefficient (Wildman–Crippen LogP) is 5.22. The van der Waals surface area contributed by atoms with Gasteiger partial charge >= 0.3 is 0 Å². The van der Waals surface area contributed by atoms with E-state index >= 15 is 0 Å².